The zero-order valence-corrected chi connectivity index (χ0v) is 14.3. The molecule has 0 spiro atoms. The van der Waals surface area contributed by atoms with Crippen LogP contribution in [-0.4, -0.2) is 50.7 Å². The fraction of sp³-hybridized carbons (Fsp3) is 0.412. The van der Waals surface area contributed by atoms with Crippen molar-refractivity contribution < 1.29 is 0 Å². The summed E-state index contributed by atoms with van der Waals surface area (Å²) in [4.78, 5) is 17.8. The van der Waals surface area contributed by atoms with Gasteiger partial charge in [0.15, 0.2) is 5.65 Å². The van der Waals surface area contributed by atoms with Gasteiger partial charge in [0.2, 0.25) is 0 Å². The first kappa shape index (κ1) is 14.9. The zero-order chi connectivity index (χ0) is 16.7. The maximum atomic E-state index is 4.60. The smallest absolute Gasteiger partial charge is 0.157 e. The van der Waals surface area contributed by atoms with Crippen LogP contribution >= 0.6 is 0 Å². The van der Waals surface area contributed by atoms with Crippen LogP contribution in [0, 0.1) is 20.8 Å². The van der Waals surface area contributed by atoms with Gasteiger partial charge in [0, 0.05) is 55.8 Å². The standard InChI is InChI=1S/C17H21N7/c1-12-8-15(19-11-18-12)22-4-6-23(7-5-22)17-10-13(2)20-16-9-14(3)21-24(16)17/h8-11H,4-7H2,1-3H3. The number of rotatable bonds is 2. The van der Waals surface area contributed by atoms with Crippen molar-refractivity contribution >= 4 is 17.3 Å². The predicted octanol–water partition coefficient (Wildman–Crippen LogP) is 1.77. The van der Waals surface area contributed by atoms with E-state index in [1.54, 1.807) is 6.33 Å². The summed E-state index contributed by atoms with van der Waals surface area (Å²) in [6, 6.07) is 6.18. The Labute approximate surface area is 141 Å². The van der Waals surface area contributed by atoms with Gasteiger partial charge in [-0.25, -0.2) is 15.0 Å². The SMILES string of the molecule is Cc1cc(N2CCN(c3cc(C)nc4cc(C)nn34)CC2)ncn1. The molecule has 0 atom stereocenters. The molecular weight excluding hydrogens is 302 g/mol. The number of piperazine rings is 1. The minimum atomic E-state index is 0.913. The normalized spacial score (nSPS) is 15.3. The number of anilines is 2. The maximum Gasteiger partial charge on any atom is 0.157 e. The van der Waals surface area contributed by atoms with Gasteiger partial charge in [0.25, 0.3) is 0 Å². The van der Waals surface area contributed by atoms with Gasteiger partial charge in [-0.1, -0.05) is 0 Å². The highest BCUT2D eigenvalue weighted by Gasteiger charge is 2.21. The summed E-state index contributed by atoms with van der Waals surface area (Å²) in [5.41, 5.74) is 3.92. The molecule has 24 heavy (non-hydrogen) atoms. The Balaban J connectivity index is 1.58. The Hall–Kier alpha value is -2.70. The van der Waals surface area contributed by atoms with E-state index in [2.05, 4.69) is 35.9 Å². The third-order valence-corrected chi connectivity index (χ3v) is 4.38. The van der Waals surface area contributed by atoms with Crippen molar-refractivity contribution in [2.45, 2.75) is 20.8 Å². The monoisotopic (exact) mass is 323 g/mol. The number of aromatic nitrogens is 5. The highest BCUT2D eigenvalue weighted by Crippen LogP contribution is 2.21. The summed E-state index contributed by atoms with van der Waals surface area (Å²) >= 11 is 0. The van der Waals surface area contributed by atoms with Gasteiger partial charge in [-0.3, -0.25) is 0 Å². The lowest BCUT2D eigenvalue weighted by Crippen LogP contribution is -2.47. The molecule has 4 rings (SSSR count). The van der Waals surface area contributed by atoms with Crippen molar-refractivity contribution in [2.75, 3.05) is 36.0 Å². The van der Waals surface area contributed by atoms with Crippen LogP contribution in [0.5, 0.6) is 0 Å². The molecule has 0 bridgehead atoms. The maximum absolute atomic E-state index is 4.60. The van der Waals surface area contributed by atoms with Gasteiger partial charge < -0.3 is 9.80 Å². The van der Waals surface area contributed by atoms with Crippen LogP contribution in [0.25, 0.3) is 5.65 Å². The van der Waals surface area contributed by atoms with Gasteiger partial charge >= 0.3 is 0 Å². The molecule has 1 aliphatic rings. The van der Waals surface area contributed by atoms with E-state index in [9.17, 15) is 0 Å². The molecule has 1 fully saturated rings. The van der Waals surface area contributed by atoms with Gasteiger partial charge in [-0.05, 0) is 20.8 Å². The molecule has 124 valence electrons. The van der Waals surface area contributed by atoms with Crippen molar-refractivity contribution in [3.05, 3.63) is 41.6 Å². The van der Waals surface area contributed by atoms with E-state index in [1.165, 1.54) is 0 Å². The average Bonchev–Trinajstić information content (AvgIpc) is 2.94. The molecule has 1 aliphatic heterocycles. The largest absolute Gasteiger partial charge is 0.353 e. The average molecular weight is 323 g/mol. The van der Waals surface area contributed by atoms with Crippen LogP contribution in [-0.2, 0) is 0 Å². The molecule has 7 nitrogen and oxygen atoms in total. The second-order valence-electron chi connectivity index (χ2n) is 6.30. The topological polar surface area (TPSA) is 62.5 Å². The third kappa shape index (κ3) is 2.66. The van der Waals surface area contributed by atoms with Crippen molar-refractivity contribution in [3.8, 4) is 0 Å². The van der Waals surface area contributed by atoms with Crippen LogP contribution in [0.3, 0.4) is 0 Å². The highest BCUT2D eigenvalue weighted by atomic mass is 15.4. The Morgan fingerprint density at radius 2 is 1.54 bits per heavy atom. The summed E-state index contributed by atoms with van der Waals surface area (Å²) in [6.07, 6.45) is 1.64. The van der Waals surface area contributed by atoms with Gasteiger partial charge in [-0.2, -0.15) is 9.61 Å². The highest BCUT2D eigenvalue weighted by molar-refractivity contribution is 5.53. The van der Waals surface area contributed by atoms with Gasteiger partial charge in [-0.15, -0.1) is 0 Å². The van der Waals surface area contributed by atoms with E-state index in [4.69, 9.17) is 0 Å². The van der Waals surface area contributed by atoms with E-state index in [1.807, 2.05) is 37.4 Å². The number of fused-ring (bicyclic) bond motifs is 1. The first-order valence-electron chi connectivity index (χ1n) is 8.23. The lowest BCUT2D eigenvalue weighted by atomic mass is 10.3. The van der Waals surface area contributed by atoms with E-state index in [0.29, 0.717) is 0 Å². The first-order valence-corrected chi connectivity index (χ1v) is 8.23. The summed E-state index contributed by atoms with van der Waals surface area (Å²) in [5.74, 6) is 2.12. The van der Waals surface area contributed by atoms with E-state index < -0.39 is 0 Å². The molecule has 3 aromatic rings. The molecular formula is C17H21N7. The lowest BCUT2D eigenvalue weighted by Gasteiger charge is -2.36. The molecule has 0 aliphatic carbocycles. The molecule has 0 saturated carbocycles. The number of aryl methyl sites for hydroxylation is 3. The molecule has 7 heteroatoms. The third-order valence-electron chi connectivity index (χ3n) is 4.38. The van der Waals surface area contributed by atoms with Gasteiger partial charge in [0.05, 0.1) is 5.69 Å². The molecule has 0 unspecified atom stereocenters. The summed E-state index contributed by atoms with van der Waals surface area (Å²) < 4.78 is 1.95. The van der Waals surface area contributed by atoms with Crippen LogP contribution in [0.2, 0.25) is 0 Å². The quantitative estimate of drug-likeness (QED) is 0.716. The van der Waals surface area contributed by atoms with Crippen LogP contribution < -0.4 is 9.80 Å². The molecule has 1 saturated heterocycles. The van der Waals surface area contributed by atoms with Crippen LogP contribution in [0.15, 0.2) is 24.5 Å². The second-order valence-corrected chi connectivity index (χ2v) is 6.30. The van der Waals surface area contributed by atoms with Crippen molar-refractivity contribution in [3.63, 3.8) is 0 Å². The minimum absolute atomic E-state index is 0.913. The molecule has 0 amide bonds. The molecule has 0 aromatic carbocycles. The Kier molecular flexibility index (Phi) is 3.55. The Morgan fingerprint density at radius 1 is 0.792 bits per heavy atom. The predicted molar refractivity (Wildman–Crippen MR) is 93.7 cm³/mol. The first-order chi connectivity index (χ1) is 11.6. The van der Waals surface area contributed by atoms with Crippen molar-refractivity contribution in [1.82, 2.24) is 24.6 Å². The van der Waals surface area contributed by atoms with Crippen LogP contribution in [0.4, 0.5) is 11.6 Å². The molecule has 0 N–H and O–H groups in total. The van der Waals surface area contributed by atoms with Crippen LogP contribution in [0.1, 0.15) is 17.1 Å². The molecule has 0 radical (unpaired) electrons. The fourth-order valence-electron chi connectivity index (χ4n) is 3.20. The van der Waals surface area contributed by atoms with Gasteiger partial charge in [0.1, 0.15) is 18.0 Å². The van der Waals surface area contributed by atoms with E-state index >= 15 is 0 Å². The second kappa shape index (κ2) is 5.74. The Bertz CT molecular complexity index is 878. The lowest BCUT2D eigenvalue weighted by molar-refractivity contribution is 0.632. The van der Waals surface area contributed by atoms with E-state index in [0.717, 1.165) is 60.5 Å². The molecule has 4 heterocycles. The number of hydrogen-bond acceptors (Lipinski definition) is 6. The summed E-state index contributed by atoms with van der Waals surface area (Å²) in [6.45, 7) is 9.76. The summed E-state index contributed by atoms with van der Waals surface area (Å²) in [5, 5.41) is 4.60. The van der Waals surface area contributed by atoms with Crippen molar-refractivity contribution in [2.24, 2.45) is 0 Å². The minimum Gasteiger partial charge on any atom is -0.353 e. The Morgan fingerprint density at radius 3 is 2.29 bits per heavy atom. The number of hydrogen-bond donors (Lipinski definition) is 0. The zero-order valence-electron chi connectivity index (χ0n) is 14.3. The number of nitrogens with zero attached hydrogens (tertiary/aromatic N) is 7. The summed E-state index contributed by atoms with van der Waals surface area (Å²) in [7, 11) is 0. The molecule has 3 aromatic heterocycles. The van der Waals surface area contributed by atoms with Crippen molar-refractivity contribution in [1.29, 1.82) is 0 Å². The fourth-order valence-corrected chi connectivity index (χ4v) is 3.20. The van der Waals surface area contributed by atoms with E-state index in [-0.39, 0.29) is 0 Å².